The molecule has 0 bridgehead atoms. The SMILES string of the molecule is Clc1ncncc1-c1nc(-c2ccsc2)no1. The van der Waals surface area contributed by atoms with E-state index in [1.165, 1.54) is 6.33 Å². The highest BCUT2D eigenvalue weighted by molar-refractivity contribution is 7.08. The van der Waals surface area contributed by atoms with Crippen molar-refractivity contribution < 1.29 is 4.52 Å². The van der Waals surface area contributed by atoms with Gasteiger partial charge in [0, 0.05) is 17.1 Å². The molecule has 0 saturated heterocycles. The molecule has 0 fully saturated rings. The summed E-state index contributed by atoms with van der Waals surface area (Å²) >= 11 is 7.49. The van der Waals surface area contributed by atoms with Crippen LogP contribution in [0.3, 0.4) is 0 Å². The van der Waals surface area contributed by atoms with Crippen LogP contribution in [-0.2, 0) is 0 Å². The minimum atomic E-state index is 0.292. The summed E-state index contributed by atoms with van der Waals surface area (Å²) in [5, 5.41) is 8.07. The molecule has 0 saturated carbocycles. The first kappa shape index (κ1) is 10.4. The second-order valence-electron chi connectivity index (χ2n) is 3.16. The number of aromatic nitrogens is 4. The summed E-state index contributed by atoms with van der Waals surface area (Å²) in [7, 11) is 0. The first-order valence-corrected chi connectivity index (χ1v) is 5.99. The molecule has 3 aromatic rings. The predicted octanol–water partition coefficient (Wildman–Crippen LogP) is 2.91. The Balaban J connectivity index is 2.04. The molecule has 7 heteroatoms. The largest absolute Gasteiger partial charge is 0.333 e. The van der Waals surface area contributed by atoms with Gasteiger partial charge in [0.25, 0.3) is 5.89 Å². The lowest BCUT2D eigenvalue weighted by molar-refractivity contribution is 0.432. The highest BCUT2D eigenvalue weighted by Crippen LogP contribution is 2.26. The van der Waals surface area contributed by atoms with E-state index in [0.717, 1.165) is 5.56 Å². The molecule has 0 radical (unpaired) electrons. The molecule has 3 rings (SSSR count). The number of halogens is 1. The van der Waals surface area contributed by atoms with Crippen LogP contribution in [0.1, 0.15) is 0 Å². The molecule has 0 unspecified atom stereocenters. The molecule has 0 spiro atoms. The number of nitrogens with zero attached hydrogens (tertiary/aromatic N) is 4. The fourth-order valence-electron chi connectivity index (χ4n) is 1.30. The fraction of sp³-hybridized carbons (Fsp3) is 0. The van der Waals surface area contributed by atoms with Crippen LogP contribution in [0.4, 0.5) is 0 Å². The Morgan fingerprint density at radius 1 is 1.35 bits per heavy atom. The van der Waals surface area contributed by atoms with E-state index in [1.807, 2.05) is 16.8 Å². The summed E-state index contributed by atoms with van der Waals surface area (Å²) in [5.74, 6) is 0.845. The van der Waals surface area contributed by atoms with Gasteiger partial charge in [-0.25, -0.2) is 9.97 Å². The lowest BCUT2D eigenvalue weighted by atomic mass is 10.3. The van der Waals surface area contributed by atoms with Crippen LogP contribution in [0, 0.1) is 0 Å². The van der Waals surface area contributed by atoms with E-state index in [-0.39, 0.29) is 0 Å². The third-order valence-electron chi connectivity index (χ3n) is 2.10. The van der Waals surface area contributed by atoms with Gasteiger partial charge in [0.2, 0.25) is 5.82 Å². The summed E-state index contributed by atoms with van der Waals surface area (Å²) in [5.41, 5.74) is 1.45. The van der Waals surface area contributed by atoms with Crippen molar-refractivity contribution in [3.63, 3.8) is 0 Å². The Morgan fingerprint density at radius 2 is 2.29 bits per heavy atom. The first-order chi connectivity index (χ1) is 8.34. The third-order valence-corrected chi connectivity index (χ3v) is 3.08. The molecule has 0 N–H and O–H groups in total. The van der Waals surface area contributed by atoms with Crippen LogP contribution < -0.4 is 0 Å². The molecular weight excluding hydrogens is 260 g/mol. The van der Waals surface area contributed by atoms with E-state index < -0.39 is 0 Å². The van der Waals surface area contributed by atoms with Gasteiger partial charge in [-0.1, -0.05) is 16.8 Å². The van der Waals surface area contributed by atoms with E-state index in [1.54, 1.807) is 17.5 Å². The van der Waals surface area contributed by atoms with Gasteiger partial charge in [-0.3, -0.25) is 0 Å². The quantitative estimate of drug-likeness (QED) is 0.666. The Kier molecular flexibility index (Phi) is 2.58. The van der Waals surface area contributed by atoms with Gasteiger partial charge in [0.1, 0.15) is 11.5 Å². The van der Waals surface area contributed by atoms with Gasteiger partial charge in [-0.15, -0.1) is 0 Å². The fourth-order valence-corrected chi connectivity index (χ4v) is 2.11. The third kappa shape index (κ3) is 1.92. The Bertz CT molecular complexity index is 637. The summed E-state index contributed by atoms with van der Waals surface area (Å²) < 4.78 is 5.13. The number of rotatable bonds is 2. The minimum Gasteiger partial charge on any atom is -0.333 e. The van der Waals surface area contributed by atoms with Gasteiger partial charge >= 0.3 is 0 Å². The zero-order valence-corrected chi connectivity index (χ0v) is 9.94. The maximum absolute atomic E-state index is 5.92. The lowest BCUT2D eigenvalue weighted by Crippen LogP contribution is -1.85. The highest BCUT2D eigenvalue weighted by atomic mass is 35.5. The smallest absolute Gasteiger partial charge is 0.262 e. The molecule has 0 aliphatic heterocycles. The standard InChI is InChI=1S/C10H5ClN4OS/c11-8-7(3-12-5-13-8)10-14-9(15-16-10)6-1-2-17-4-6/h1-5H. The van der Waals surface area contributed by atoms with Crippen molar-refractivity contribution in [2.24, 2.45) is 0 Å². The molecule has 3 aromatic heterocycles. The molecule has 0 aromatic carbocycles. The predicted molar refractivity (Wildman–Crippen MR) is 63.6 cm³/mol. The maximum atomic E-state index is 5.92. The molecule has 0 aliphatic carbocycles. The van der Waals surface area contributed by atoms with Crippen molar-refractivity contribution >= 4 is 22.9 Å². The molecular formula is C10H5ClN4OS. The van der Waals surface area contributed by atoms with Crippen molar-refractivity contribution in [2.75, 3.05) is 0 Å². The number of hydrogen-bond donors (Lipinski definition) is 0. The summed E-state index contributed by atoms with van der Waals surface area (Å²) in [6.45, 7) is 0. The topological polar surface area (TPSA) is 64.7 Å². The molecule has 0 amide bonds. The molecule has 84 valence electrons. The van der Waals surface area contributed by atoms with Gasteiger partial charge < -0.3 is 4.52 Å². The Labute approximate surface area is 105 Å². The Morgan fingerprint density at radius 3 is 3.06 bits per heavy atom. The maximum Gasteiger partial charge on any atom is 0.262 e. The van der Waals surface area contributed by atoms with E-state index in [4.69, 9.17) is 16.1 Å². The van der Waals surface area contributed by atoms with E-state index in [2.05, 4.69) is 20.1 Å². The first-order valence-electron chi connectivity index (χ1n) is 4.67. The van der Waals surface area contributed by atoms with Crippen molar-refractivity contribution in [3.05, 3.63) is 34.5 Å². The average Bonchev–Trinajstić information content (AvgIpc) is 3.00. The molecule has 5 nitrogen and oxygen atoms in total. The molecule has 0 atom stereocenters. The zero-order valence-electron chi connectivity index (χ0n) is 8.37. The van der Waals surface area contributed by atoms with Crippen LogP contribution >= 0.6 is 22.9 Å². The van der Waals surface area contributed by atoms with Crippen molar-refractivity contribution in [1.29, 1.82) is 0 Å². The van der Waals surface area contributed by atoms with Gasteiger partial charge in [0.05, 0.1) is 5.56 Å². The monoisotopic (exact) mass is 264 g/mol. The molecule has 17 heavy (non-hydrogen) atoms. The van der Waals surface area contributed by atoms with Crippen LogP contribution in [0.5, 0.6) is 0 Å². The summed E-state index contributed by atoms with van der Waals surface area (Å²) in [4.78, 5) is 12.0. The van der Waals surface area contributed by atoms with Crippen LogP contribution in [0.2, 0.25) is 5.15 Å². The highest BCUT2D eigenvalue weighted by Gasteiger charge is 2.14. The average molecular weight is 265 g/mol. The van der Waals surface area contributed by atoms with Crippen LogP contribution in [0.15, 0.2) is 33.9 Å². The van der Waals surface area contributed by atoms with Crippen LogP contribution in [0.25, 0.3) is 22.8 Å². The van der Waals surface area contributed by atoms with Crippen molar-refractivity contribution in [2.45, 2.75) is 0 Å². The molecule has 0 aliphatic rings. The minimum absolute atomic E-state index is 0.292. The van der Waals surface area contributed by atoms with Gasteiger partial charge in [-0.05, 0) is 11.4 Å². The lowest BCUT2D eigenvalue weighted by Gasteiger charge is -1.93. The second kappa shape index (κ2) is 4.23. The molecule has 3 heterocycles. The summed E-state index contributed by atoms with van der Waals surface area (Å²) in [6.07, 6.45) is 2.90. The van der Waals surface area contributed by atoms with E-state index in [9.17, 15) is 0 Å². The summed E-state index contributed by atoms with van der Waals surface area (Å²) in [6, 6.07) is 1.92. The Hall–Kier alpha value is -1.79. The van der Waals surface area contributed by atoms with E-state index >= 15 is 0 Å². The van der Waals surface area contributed by atoms with Gasteiger partial charge in [-0.2, -0.15) is 16.3 Å². The van der Waals surface area contributed by atoms with Crippen LogP contribution in [-0.4, -0.2) is 20.1 Å². The van der Waals surface area contributed by atoms with Gasteiger partial charge in [0.15, 0.2) is 0 Å². The zero-order chi connectivity index (χ0) is 11.7. The normalized spacial score (nSPS) is 10.6. The number of thiophene rings is 1. The van der Waals surface area contributed by atoms with Crippen molar-refractivity contribution in [1.82, 2.24) is 20.1 Å². The van der Waals surface area contributed by atoms with Crippen molar-refractivity contribution in [3.8, 4) is 22.8 Å². The second-order valence-corrected chi connectivity index (χ2v) is 4.30. The van der Waals surface area contributed by atoms with E-state index in [0.29, 0.717) is 22.4 Å². The number of hydrogen-bond acceptors (Lipinski definition) is 6.